The summed E-state index contributed by atoms with van der Waals surface area (Å²) in [6.45, 7) is 7.08. The molecule has 0 saturated carbocycles. The summed E-state index contributed by atoms with van der Waals surface area (Å²) in [5, 5.41) is 6.62. The number of guanidine groups is 1. The highest BCUT2D eigenvalue weighted by atomic mass is 127. The first-order valence-electron chi connectivity index (χ1n) is 11.1. The van der Waals surface area contributed by atoms with Crippen LogP contribution in [0.2, 0.25) is 0 Å². The molecule has 1 atom stereocenters. The number of para-hydroxylation sites is 1. The van der Waals surface area contributed by atoms with Crippen LogP contribution in [-0.4, -0.2) is 49.6 Å². The van der Waals surface area contributed by atoms with E-state index >= 15 is 0 Å². The van der Waals surface area contributed by atoms with Gasteiger partial charge >= 0.3 is 0 Å². The fourth-order valence-corrected chi connectivity index (χ4v) is 3.64. The summed E-state index contributed by atoms with van der Waals surface area (Å²) in [5.74, 6) is 1.76. The number of hydrogen-bond acceptors (Lipinski definition) is 3. The molecule has 0 aromatic heterocycles. The second-order valence-corrected chi connectivity index (χ2v) is 8.05. The molecule has 3 rings (SSSR count). The molecule has 1 aliphatic rings. The topological polar surface area (TPSA) is 66.0 Å². The van der Waals surface area contributed by atoms with Gasteiger partial charge in [0, 0.05) is 32.2 Å². The zero-order chi connectivity index (χ0) is 22.1. The Kier molecular flexibility index (Phi) is 10.8. The average Bonchev–Trinajstić information content (AvgIpc) is 2.81. The number of benzene rings is 2. The zero-order valence-corrected chi connectivity index (χ0v) is 21.6. The van der Waals surface area contributed by atoms with E-state index in [2.05, 4.69) is 15.6 Å². The van der Waals surface area contributed by atoms with Gasteiger partial charge in [-0.3, -0.25) is 9.79 Å². The molecular weight excluding hydrogens is 515 g/mol. The lowest BCUT2D eigenvalue weighted by atomic mass is 10.1. The number of carbonyl (C=O) groups is 1. The van der Waals surface area contributed by atoms with Crippen LogP contribution in [0.25, 0.3) is 0 Å². The molecule has 0 radical (unpaired) electrons. The van der Waals surface area contributed by atoms with Crippen LogP contribution in [0.3, 0.4) is 0 Å². The van der Waals surface area contributed by atoms with Crippen molar-refractivity contribution in [2.75, 3.05) is 26.7 Å². The minimum absolute atomic E-state index is 0. The molecule has 2 aromatic rings. The van der Waals surface area contributed by atoms with Gasteiger partial charge in [0.25, 0.3) is 5.91 Å². The molecule has 1 heterocycles. The van der Waals surface area contributed by atoms with Crippen LogP contribution in [0.15, 0.2) is 53.5 Å². The maximum atomic E-state index is 12.6. The van der Waals surface area contributed by atoms with E-state index < -0.39 is 0 Å². The Bertz CT molecular complexity index is 880. The summed E-state index contributed by atoms with van der Waals surface area (Å²) >= 11 is 0. The van der Waals surface area contributed by atoms with Crippen LogP contribution in [-0.2, 0) is 6.54 Å². The minimum atomic E-state index is -0.000247. The molecule has 1 amide bonds. The van der Waals surface area contributed by atoms with Gasteiger partial charge < -0.3 is 20.3 Å². The standard InChI is InChI=1S/C25H34N4O2.HI/c1-19-9-5-6-10-23(19)31-20(2)17-27-25(26-3)28-18-21-11-13-22(14-12-21)24(30)29-15-7-4-8-16-29;/h5-6,9-14,20H,4,7-8,15-18H2,1-3H3,(H2,26,27,28);1H. The predicted molar refractivity (Wildman–Crippen MR) is 141 cm³/mol. The molecule has 1 saturated heterocycles. The number of rotatable bonds is 7. The van der Waals surface area contributed by atoms with E-state index in [4.69, 9.17) is 4.74 Å². The Hall–Kier alpha value is -2.29. The van der Waals surface area contributed by atoms with E-state index in [-0.39, 0.29) is 36.0 Å². The second-order valence-electron chi connectivity index (χ2n) is 8.05. The van der Waals surface area contributed by atoms with Gasteiger partial charge in [-0.25, -0.2) is 0 Å². The number of nitrogens with one attached hydrogen (secondary N) is 2. The maximum Gasteiger partial charge on any atom is 0.253 e. The molecule has 32 heavy (non-hydrogen) atoms. The summed E-state index contributed by atoms with van der Waals surface area (Å²) in [6, 6.07) is 15.9. The van der Waals surface area contributed by atoms with E-state index in [9.17, 15) is 4.79 Å². The Balaban J connectivity index is 0.00000363. The first kappa shape index (κ1) is 26.0. The number of nitrogens with zero attached hydrogens (tertiary/aromatic N) is 2. The summed E-state index contributed by atoms with van der Waals surface area (Å²) < 4.78 is 6.01. The molecule has 6 nitrogen and oxygen atoms in total. The van der Waals surface area contributed by atoms with Crippen LogP contribution in [0.1, 0.15) is 47.7 Å². The number of ether oxygens (including phenoxy) is 1. The van der Waals surface area contributed by atoms with Crippen LogP contribution in [0, 0.1) is 6.92 Å². The lowest BCUT2D eigenvalue weighted by Gasteiger charge is -2.26. The van der Waals surface area contributed by atoms with Gasteiger partial charge in [-0.15, -0.1) is 24.0 Å². The van der Waals surface area contributed by atoms with Crippen LogP contribution >= 0.6 is 24.0 Å². The van der Waals surface area contributed by atoms with Crippen molar-refractivity contribution in [2.45, 2.75) is 45.8 Å². The van der Waals surface area contributed by atoms with Crippen LogP contribution in [0.5, 0.6) is 5.75 Å². The van der Waals surface area contributed by atoms with Crippen molar-refractivity contribution in [3.63, 3.8) is 0 Å². The van der Waals surface area contributed by atoms with E-state index in [1.807, 2.05) is 67.3 Å². The minimum Gasteiger partial charge on any atom is -0.489 e. The van der Waals surface area contributed by atoms with E-state index in [0.29, 0.717) is 19.0 Å². The van der Waals surface area contributed by atoms with Crippen molar-refractivity contribution in [3.8, 4) is 5.75 Å². The number of hydrogen-bond donors (Lipinski definition) is 2. The van der Waals surface area contributed by atoms with Crippen molar-refractivity contribution in [1.29, 1.82) is 0 Å². The van der Waals surface area contributed by atoms with E-state index in [1.165, 1.54) is 6.42 Å². The third-order valence-electron chi connectivity index (χ3n) is 5.51. The highest BCUT2D eigenvalue weighted by Gasteiger charge is 2.17. The van der Waals surface area contributed by atoms with E-state index in [0.717, 1.165) is 48.4 Å². The SMILES string of the molecule is CN=C(NCc1ccc(C(=O)N2CCCCC2)cc1)NCC(C)Oc1ccccc1C.I. The van der Waals surface area contributed by atoms with Crippen LogP contribution in [0.4, 0.5) is 0 Å². The molecule has 1 unspecified atom stereocenters. The molecular formula is C25H35IN4O2. The monoisotopic (exact) mass is 550 g/mol. The number of carbonyl (C=O) groups excluding carboxylic acids is 1. The van der Waals surface area contributed by atoms with Gasteiger partial charge in [0.15, 0.2) is 5.96 Å². The Morgan fingerprint density at radius 1 is 1.06 bits per heavy atom. The summed E-state index contributed by atoms with van der Waals surface area (Å²) in [7, 11) is 1.75. The zero-order valence-electron chi connectivity index (χ0n) is 19.3. The largest absolute Gasteiger partial charge is 0.489 e. The van der Waals surface area contributed by atoms with E-state index in [1.54, 1.807) is 7.05 Å². The summed E-state index contributed by atoms with van der Waals surface area (Å²) in [5.41, 5.74) is 2.98. The number of likely N-dealkylation sites (tertiary alicyclic amines) is 1. The van der Waals surface area contributed by atoms with Gasteiger partial charge in [0.1, 0.15) is 11.9 Å². The van der Waals surface area contributed by atoms with Crippen molar-refractivity contribution in [1.82, 2.24) is 15.5 Å². The normalized spacial score (nSPS) is 14.8. The molecule has 1 fully saturated rings. The van der Waals surface area contributed by atoms with Crippen molar-refractivity contribution in [2.24, 2.45) is 4.99 Å². The Labute approximate surface area is 208 Å². The quantitative estimate of drug-likeness (QED) is 0.305. The van der Waals surface area contributed by atoms with Crippen LogP contribution < -0.4 is 15.4 Å². The Morgan fingerprint density at radius 3 is 2.41 bits per heavy atom. The number of halogens is 1. The molecule has 0 aliphatic carbocycles. The predicted octanol–water partition coefficient (Wildman–Crippen LogP) is 4.37. The third kappa shape index (κ3) is 7.69. The first-order valence-corrected chi connectivity index (χ1v) is 11.1. The smallest absolute Gasteiger partial charge is 0.253 e. The van der Waals surface area contributed by atoms with Gasteiger partial charge in [0.2, 0.25) is 0 Å². The lowest BCUT2D eigenvalue weighted by molar-refractivity contribution is 0.0724. The fourth-order valence-electron chi connectivity index (χ4n) is 3.64. The molecule has 174 valence electrons. The first-order chi connectivity index (χ1) is 15.1. The van der Waals surface area contributed by atoms with Gasteiger partial charge in [-0.2, -0.15) is 0 Å². The molecule has 0 spiro atoms. The number of aliphatic imine (C=N–C) groups is 1. The van der Waals surface area contributed by atoms with Crippen molar-refractivity contribution >= 4 is 35.8 Å². The highest BCUT2D eigenvalue weighted by molar-refractivity contribution is 14.0. The Morgan fingerprint density at radius 2 is 1.75 bits per heavy atom. The molecule has 0 bridgehead atoms. The fraction of sp³-hybridized carbons (Fsp3) is 0.440. The van der Waals surface area contributed by atoms with Gasteiger partial charge in [-0.1, -0.05) is 30.3 Å². The number of piperidine rings is 1. The molecule has 1 aliphatic heterocycles. The third-order valence-corrected chi connectivity index (χ3v) is 5.51. The van der Waals surface area contributed by atoms with Crippen molar-refractivity contribution in [3.05, 3.63) is 65.2 Å². The molecule has 2 N–H and O–H groups in total. The maximum absolute atomic E-state index is 12.6. The van der Waals surface area contributed by atoms with Crippen molar-refractivity contribution < 1.29 is 9.53 Å². The van der Waals surface area contributed by atoms with Gasteiger partial charge in [-0.05, 0) is 62.4 Å². The van der Waals surface area contributed by atoms with Gasteiger partial charge in [0.05, 0.1) is 6.54 Å². The number of aryl methyl sites for hydroxylation is 1. The molecule has 7 heteroatoms. The average molecular weight is 550 g/mol. The second kappa shape index (κ2) is 13.3. The summed E-state index contributed by atoms with van der Waals surface area (Å²) in [6.07, 6.45) is 3.43. The lowest BCUT2D eigenvalue weighted by Crippen LogP contribution is -2.41. The number of amides is 1. The molecule has 2 aromatic carbocycles. The highest BCUT2D eigenvalue weighted by Crippen LogP contribution is 2.17. The summed E-state index contributed by atoms with van der Waals surface area (Å²) in [4.78, 5) is 18.8.